The first-order chi connectivity index (χ1) is 16.2. The molecule has 0 bridgehead atoms. The van der Waals surface area contributed by atoms with E-state index in [1.165, 1.54) is 13.0 Å². The summed E-state index contributed by atoms with van der Waals surface area (Å²) in [5.41, 5.74) is -0.878. The molecule has 5 rings (SSSR count). The van der Waals surface area contributed by atoms with Gasteiger partial charge in [-0.3, -0.25) is 9.59 Å². The summed E-state index contributed by atoms with van der Waals surface area (Å²) in [6.45, 7) is 11.4. The summed E-state index contributed by atoms with van der Waals surface area (Å²) < 4.78 is 10.9. The highest BCUT2D eigenvalue weighted by Crippen LogP contribution is 2.72. The van der Waals surface area contributed by atoms with Crippen LogP contribution < -0.4 is 0 Å². The van der Waals surface area contributed by atoms with Crippen LogP contribution >= 0.6 is 0 Å². The second kappa shape index (κ2) is 7.39. The Hall–Kier alpha value is -2.25. The van der Waals surface area contributed by atoms with Gasteiger partial charge in [-0.2, -0.15) is 0 Å². The van der Waals surface area contributed by atoms with Gasteiger partial charge in [0.1, 0.15) is 6.10 Å². The summed E-state index contributed by atoms with van der Waals surface area (Å²) in [4.78, 5) is 37.8. The van der Waals surface area contributed by atoms with Crippen molar-refractivity contribution in [3.63, 3.8) is 0 Å². The van der Waals surface area contributed by atoms with E-state index >= 15 is 0 Å². The summed E-state index contributed by atoms with van der Waals surface area (Å²) in [5.74, 6) is -1.57. The molecule has 2 fully saturated rings. The third-order valence-corrected chi connectivity index (χ3v) is 10.3. The molecule has 2 N–H and O–H groups in total. The zero-order valence-electron chi connectivity index (χ0n) is 21.3. The lowest BCUT2D eigenvalue weighted by molar-refractivity contribution is -0.228. The predicted octanol–water partition coefficient (Wildman–Crippen LogP) is 3.25. The van der Waals surface area contributed by atoms with Crippen molar-refractivity contribution in [2.24, 2.45) is 39.4 Å². The number of carbonyl (C=O) groups is 3. The average Bonchev–Trinajstić information content (AvgIpc) is 3.26. The highest BCUT2D eigenvalue weighted by atomic mass is 16.6. The van der Waals surface area contributed by atoms with Crippen LogP contribution in [-0.4, -0.2) is 46.4 Å². The van der Waals surface area contributed by atoms with Gasteiger partial charge in [0, 0.05) is 35.2 Å². The Morgan fingerprint density at radius 3 is 2.43 bits per heavy atom. The van der Waals surface area contributed by atoms with Crippen molar-refractivity contribution in [3.8, 4) is 0 Å². The summed E-state index contributed by atoms with van der Waals surface area (Å²) in [7, 11) is 0. The third-order valence-electron chi connectivity index (χ3n) is 10.3. The Balaban J connectivity index is 1.66. The Labute approximate surface area is 206 Å². The average molecular weight is 485 g/mol. The van der Waals surface area contributed by atoms with Gasteiger partial charge in [-0.1, -0.05) is 52.3 Å². The summed E-state index contributed by atoms with van der Waals surface area (Å²) in [6.07, 6.45) is 6.34. The summed E-state index contributed by atoms with van der Waals surface area (Å²) in [5, 5.41) is 21.8. The second-order valence-corrected chi connectivity index (χ2v) is 12.4. The van der Waals surface area contributed by atoms with E-state index < -0.39 is 58.0 Å². The molecule has 0 radical (unpaired) electrons. The second-order valence-electron chi connectivity index (χ2n) is 12.4. The van der Waals surface area contributed by atoms with E-state index in [1.54, 1.807) is 6.08 Å². The molecule has 1 aliphatic heterocycles. The van der Waals surface area contributed by atoms with Crippen LogP contribution in [0.5, 0.6) is 0 Å². The number of allylic oxidation sites excluding steroid dienone is 3. The van der Waals surface area contributed by atoms with E-state index in [0.29, 0.717) is 12.0 Å². The van der Waals surface area contributed by atoms with E-state index in [0.717, 1.165) is 18.4 Å². The summed E-state index contributed by atoms with van der Waals surface area (Å²) >= 11 is 0. The first-order valence-corrected chi connectivity index (χ1v) is 12.6. The number of aliphatic hydroxyl groups excluding tert-OH is 2. The van der Waals surface area contributed by atoms with Crippen molar-refractivity contribution in [1.82, 2.24) is 0 Å². The van der Waals surface area contributed by atoms with Crippen LogP contribution in [0.3, 0.4) is 0 Å². The molecular formula is C28H36O7. The Bertz CT molecular complexity index is 1100. The zero-order chi connectivity index (χ0) is 25.7. The molecule has 5 aliphatic rings. The van der Waals surface area contributed by atoms with E-state index in [-0.39, 0.29) is 17.6 Å². The molecule has 0 aromatic carbocycles. The number of rotatable bonds is 2. The number of carbonyl (C=O) groups excluding carboxylic acids is 3. The maximum Gasteiger partial charge on any atom is 0.336 e. The van der Waals surface area contributed by atoms with Gasteiger partial charge in [0.15, 0.2) is 5.78 Å². The molecular weight excluding hydrogens is 448 g/mol. The molecule has 0 saturated heterocycles. The number of hydrogen-bond acceptors (Lipinski definition) is 7. The standard InChI is InChI=1S/C28H36O7/c1-14(29)34-23-21(32)22-25(2,3)19(30)10-12-27(22,5)18-9-11-26(4)16(7-8-17(26)28(18,23)6)15-13-20(31)35-24(15)33/h8,10,12-13,16,18,20-23,31-32H,7,9,11H2,1-6H3/t16-,18-,20+,21+,22+,23+,26-,27+,28-/m0/s1. The molecule has 0 unspecified atom stereocenters. The van der Waals surface area contributed by atoms with Crippen molar-refractivity contribution < 1.29 is 34.1 Å². The molecule has 4 aliphatic carbocycles. The van der Waals surface area contributed by atoms with Gasteiger partial charge in [0.25, 0.3) is 0 Å². The molecule has 0 aromatic rings. The SMILES string of the molecule is CC(=O)O[C@@H]1[C@H](O)[C@@H]2C(C)(C)C(=O)C=C[C@]2(C)[C@@H]2CC[C@]3(C)C(=CC[C@H]3C3=C[C@H](O)OC3=O)[C@]12C. The maximum atomic E-state index is 12.9. The van der Waals surface area contributed by atoms with Crippen LogP contribution in [-0.2, 0) is 23.9 Å². The van der Waals surface area contributed by atoms with Gasteiger partial charge in [-0.05, 0) is 48.2 Å². The van der Waals surface area contributed by atoms with Crippen LogP contribution in [0.4, 0.5) is 0 Å². The molecule has 0 spiro atoms. The minimum absolute atomic E-state index is 0.00421. The fourth-order valence-electron chi connectivity index (χ4n) is 9.00. The van der Waals surface area contributed by atoms with Gasteiger partial charge < -0.3 is 19.7 Å². The zero-order valence-corrected chi connectivity index (χ0v) is 21.3. The molecule has 0 amide bonds. The molecule has 35 heavy (non-hydrogen) atoms. The number of fused-ring (bicyclic) bond motifs is 5. The van der Waals surface area contributed by atoms with E-state index in [1.807, 2.05) is 19.9 Å². The molecule has 190 valence electrons. The largest absolute Gasteiger partial charge is 0.459 e. The molecule has 9 atom stereocenters. The van der Waals surface area contributed by atoms with Gasteiger partial charge in [-0.15, -0.1) is 0 Å². The predicted molar refractivity (Wildman–Crippen MR) is 126 cm³/mol. The van der Waals surface area contributed by atoms with E-state index in [9.17, 15) is 24.6 Å². The lowest BCUT2D eigenvalue weighted by Gasteiger charge is -2.67. The highest BCUT2D eigenvalue weighted by molar-refractivity contribution is 5.96. The monoisotopic (exact) mass is 484 g/mol. The maximum absolute atomic E-state index is 12.9. The fourth-order valence-corrected chi connectivity index (χ4v) is 9.00. The van der Waals surface area contributed by atoms with Gasteiger partial charge in [-0.25, -0.2) is 4.79 Å². The Kier molecular flexibility index (Phi) is 5.16. The first kappa shape index (κ1) is 24.4. The quantitative estimate of drug-likeness (QED) is 0.457. The lowest BCUT2D eigenvalue weighted by Crippen LogP contribution is -2.70. The number of esters is 2. The number of cyclic esters (lactones) is 1. The number of hydrogen-bond donors (Lipinski definition) is 2. The minimum Gasteiger partial charge on any atom is -0.459 e. The van der Waals surface area contributed by atoms with Crippen LogP contribution in [0.1, 0.15) is 60.8 Å². The normalized spacial score (nSPS) is 47.8. The van der Waals surface area contributed by atoms with Gasteiger partial charge in [0.2, 0.25) is 6.29 Å². The van der Waals surface area contributed by atoms with Crippen LogP contribution in [0.2, 0.25) is 0 Å². The molecule has 7 nitrogen and oxygen atoms in total. The van der Waals surface area contributed by atoms with Crippen LogP contribution in [0.15, 0.2) is 35.5 Å². The lowest BCUT2D eigenvalue weighted by atomic mass is 9.37. The van der Waals surface area contributed by atoms with Gasteiger partial charge >= 0.3 is 11.9 Å². The Morgan fingerprint density at radius 2 is 1.83 bits per heavy atom. The first-order valence-electron chi connectivity index (χ1n) is 12.6. The molecule has 2 saturated carbocycles. The van der Waals surface area contributed by atoms with Crippen molar-refractivity contribution in [1.29, 1.82) is 0 Å². The molecule has 7 heteroatoms. The van der Waals surface area contributed by atoms with Crippen molar-refractivity contribution in [2.75, 3.05) is 0 Å². The van der Waals surface area contributed by atoms with Crippen molar-refractivity contribution in [2.45, 2.75) is 79.3 Å². The number of ether oxygens (including phenoxy) is 2. The van der Waals surface area contributed by atoms with Gasteiger partial charge in [0.05, 0.1) is 6.10 Å². The molecule has 0 aromatic heterocycles. The third kappa shape index (κ3) is 3.00. The highest BCUT2D eigenvalue weighted by Gasteiger charge is 2.71. The Morgan fingerprint density at radius 1 is 1.14 bits per heavy atom. The topological polar surface area (TPSA) is 110 Å². The van der Waals surface area contributed by atoms with E-state index in [2.05, 4.69) is 26.8 Å². The summed E-state index contributed by atoms with van der Waals surface area (Å²) in [6, 6.07) is 0. The van der Waals surface area contributed by atoms with Crippen LogP contribution in [0, 0.1) is 39.4 Å². The van der Waals surface area contributed by atoms with Crippen molar-refractivity contribution in [3.05, 3.63) is 35.5 Å². The van der Waals surface area contributed by atoms with E-state index in [4.69, 9.17) is 9.47 Å². The number of aliphatic hydroxyl groups is 2. The smallest absolute Gasteiger partial charge is 0.336 e. The van der Waals surface area contributed by atoms with Crippen LogP contribution in [0.25, 0.3) is 0 Å². The number of ketones is 1. The molecule has 1 heterocycles. The fraction of sp³-hybridized carbons (Fsp3) is 0.679. The minimum atomic E-state index is -1.23. The van der Waals surface area contributed by atoms with Crippen molar-refractivity contribution >= 4 is 17.7 Å².